The second kappa shape index (κ2) is 5.49. The number of carbonyl (C=O) groups is 2. The minimum Gasteiger partial charge on any atom is -0.465 e. The van der Waals surface area contributed by atoms with Crippen LogP contribution < -0.4 is 0 Å². The average Bonchev–Trinajstić information content (AvgIpc) is 2.63. The first-order valence-electron chi connectivity index (χ1n) is 4.09. The maximum absolute atomic E-state index is 10.9. The Morgan fingerprint density at radius 2 is 2.43 bits per heavy atom. The molecule has 0 N–H and O–H groups in total. The van der Waals surface area contributed by atoms with E-state index in [1.807, 2.05) is 0 Å². The summed E-state index contributed by atoms with van der Waals surface area (Å²) in [4.78, 5) is 21.2. The van der Waals surface area contributed by atoms with Gasteiger partial charge in [-0.3, -0.25) is 9.59 Å². The zero-order chi connectivity index (χ0) is 10.4. The van der Waals surface area contributed by atoms with Crippen molar-refractivity contribution in [3.05, 3.63) is 17.9 Å². The van der Waals surface area contributed by atoms with Gasteiger partial charge in [0.15, 0.2) is 17.1 Å². The molecule has 0 unspecified atom stereocenters. The van der Waals surface area contributed by atoms with E-state index >= 15 is 0 Å². The lowest BCUT2D eigenvalue weighted by atomic mass is 10.5. The molecule has 0 saturated heterocycles. The number of rotatable bonds is 5. The molecule has 1 aromatic rings. The molecular formula is C9H10O4S. The molecule has 0 aliphatic carbocycles. The van der Waals surface area contributed by atoms with Gasteiger partial charge in [0.05, 0.1) is 12.4 Å². The van der Waals surface area contributed by atoms with Gasteiger partial charge in [0, 0.05) is 0 Å². The van der Waals surface area contributed by atoms with Crippen molar-refractivity contribution in [1.82, 2.24) is 0 Å². The average molecular weight is 214 g/mol. The fourth-order valence-corrected chi connectivity index (χ4v) is 1.47. The van der Waals surface area contributed by atoms with Gasteiger partial charge in [-0.05, 0) is 19.1 Å². The van der Waals surface area contributed by atoms with E-state index in [4.69, 9.17) is 9.15 Å². The first-order chi connectivity index (χ1) is 6.76. The summed E-state index contributed by atoms with van der Waals surface area (Å²) in [6, 6.07) is 3.20. The van der Waals surface area contributed by atoms with E-state index in [-0.39, 0.29) is 17.5 Å². The molecular weight excluding hydrogens is 204 g/mol. The van der Waals surface area contributed by atoms with Crippen molar-refractivity contribution in [2.45, 2.75) is 12.0 Å². The van der Waals surface area contributed by atoms with Crippen LogP contribution in [0.15, 0.2) is 21.6 Å². The second-order valence-corrected chi connectivity index (χ2v) is 3.35. The van der Waals surface area contributed by atoms with Gasteiger partial charge >= 0.3 is 5.97 Å². The standard InChI is InChI=1S/C9H10O4S/c1-2-12-8(11)6-14-9-4-3-7(5-10)13-9/h3-5H,2,6H2,1H3. The summed E-state index contributed by atoms with van der Waals surface area (Å²) < 4.78 is 9.77. The van der Waals surface area contributed by atoms with Crippen LogP contribution in [0.2, 0.25) is 0 Å². The monoisotopic (exact) mass is 214 g/mol. The van der Waals surface area contributed by atoms with E-state index in [0.717, 1.165) is 0 Å². The Bertz CT molecular complexity index is 318. The molecule has 0 aromatic carbocycles. The number of esters is 1. The Morgan fingerprint density at radius 1 is 1.64 bits per heavy atom. The highest BCUT2D eigenvalue weighted by atomic mass is 32.2. The van der Waals surface area contributed by atoms with Crippen LogP contribution in [0.1, 0.15) is 17.5 Å². The summed E-state index contributed by atoms with van der Waals surface area (Å²) in [7, 11) is 0. The van der Waals surface area contributed by atoms with Gasteiger partial charge in [0.2, 0.25) is 0 Å². The largest absolute Gasteiger partial charge is 0.465 e. The Balaban J connectivity index is 2.37. The first kappa shape index (κ1) is 10.8. The predicted octanol–water partition coefficient (Wildman–Crippen LogP) is 1.75. The van der Waals surface area contributed by atoms with E-state index in [0.29, 0.717) is 18.0 Å². The van der Waals surface area contributed by atoms with E-state index in [1.54, 1.807) is 19.1 Å². The lowest BCUT2D eigenvalue weighted by Gasteiger charge is -1.98. The third kappa shape index (κ3) is 3.26. The van der Waals surface area contributed by atoms with Crippen LogP contribution >= 0.6 is 11.8 Å². The van der Waals surface area contributed by atoms with Gasteiger partial charge in [-0.2, -0.15) is 0 Å². The maximum Gasteiger partial charge on any atom is 0.316 e. The van der Waals surface area contributed by atoms with Crippen molar-refractivity contribution in [2.75, 3.05) is 12.4 Å². The molecule has 1 heterocycles. The lowest BCUT2D eigenvalue weighted by molar-refractivity contribution is -0.139. The van der Waals surface area contributed by atoms with Gasteiger partial charge in [-0.25, -0.2) is 0 Å². The fourth-order valence-electron chi connectivity index (χ4n) is 0.808. The number of thioether (sulfide) groups is 1. The minimum atomic E-state index is -0.290. The highest BCUT2D eigenvalue weighted by Gasteiger charge is 2.06. The molecule has 0 aliphatic heterocycles. The molecule has 0 aliphatic rings. The maximum atomic E-state index is 10.9. The molecule has 76 valence electrons. The number of hydrogen-bond donors (Lipinski definition) is 0. The van der Waals surface area contributed by atoms with Crippen LogP contribution in [0.3, 0.4) is 0 Å². The highest BCUT2D eigenvalue weighted by Crippen LogP contribution is 2.20. The van der Waals surface area contributed by atoms with Crippen molar-refractivity contribution in [3.63, 3.8) is 0 Å². The first-order valence-corrected chi connectivity index (χ1v) is 5.08. The SMILES string of the molecule is CCOC(=O)CSc1ccc(C=O)o1. The van der Waals surface area contributed by atoms with Gasteiger partial charge in [0.25, 0.3) is 0 Å². The van der Waals surface area contributed by atoms with Crippen LogP contribution in [0, 0.1) is 0 Å². The molecule has 0 atom stereocenters. The lowest BCUT2D eigenvalue weighted by Crippen LogP contribution is -2.06. The van der Waals surface area contributed by atoms with Crippen molar-refractivity contribution < 1.29 is 18.7 Å². The van der Waals surface area contributed by atoms with Crippen molar-refractivity contribution in [1.29, 1.82) is 0 Å². The van der Waals surface area contributed by atoms with E-state index in [9.17, 15) is 9.59 Å². The smallest absolute Gasteiger partial charge is 0.316 e. The zero-order valence-corrected chi connectivity index (χ0v) is 8.50. The van der Waals surface area contributed by atoms with Gasteiger partial charge in [0.1, 0.15) is 0 Å². The van der Waals surface area contributed by atoms with Crippen molar-refractivity contribution in [2.24, 2.45) is 0 Å². The number of furan rings is 1. The van der Waals surface area contributed by atoms with Crippen molar-refractivity contribution >= 4 is 24.0 Å². The number of aldehydes is 1. The topological polar surface area (TPSA) is 56.5 Å². The Hall–Kier alpha value is -1.23. The fraction of sp³-hybridized carbons (Fsp3) is 0.333. The quantitative estimate of drug-likeness (QED) is 0.424. The Kier molecular flexibility index (Phi) is 4.25. The second-order valence-electron chi connectivity index (χ2n) is 2.37. The molecule has 0 saturated carbocycles. The number of ether oxygens (including phenoxy) is 1. The molecule has 5 heteroatoms. The molecule has 0 radical (unpaired) electrons. The van der Waals surface area contributed by atoms with Crippen LogP contribution in [0.4, 0.5) is 0 Å². The molecule has 0 fully saturated rings. The Labute approximate surface area is 85.6 Å². The van der Waals surface area contributed by atoms with E-state index in [1.165, 1.54) is 11.8 Å². The Morgan fingerprint density at radius 3 is 3.00 bits per heavy atom. The third-order valence-corrected chi connectivity index (χ3v) is 2.24. The highest BCUT2D eigenvalue weighted by molar-refractivity contribution is 7.99. The van der Waals surface area contributed by atoms with Gasteiger partial charge < -0.3 is 9.15 Å². The summed E-state index contributed by atoms with van der Waals surface area (Å²) in [6.45, 7) is 2.12. The van der Waals surface area contributed by atoms with Crippen LogP contribution in [-0.4, -0.2) is 24.6 Å². The molecule has 4 nitrogen and oxygen atoms in total. The third-order valence-electron chi connectivity index (χ3n) is 1.36. The number of hydrogen-bond acceptors (Lipinski definition) is 5. The van der Waals surface area contributed by atoms with Crippen LogP contribution in [0.25, 0.3) is 0 Å². The molecule has 1 rings (SSSR count). The molecule has 0 amide bonds. The summed E-state index contributed by atoms with van der Waals surface area (Å²) in [6.07, 6.45) is 0.619. The van der Waals surface area contributed by atoms with E-state index in [2.05, 4.69) is 0 Å². The molecule has 1 aromatic heterocycles. The minimum absolute atomic E-state index is 0.194. The summed E-state index contributed by atoms with van der Waals surface area (Å²) in [5.41, 5.74) is 0. The number of carbonyl (C=O) groups excluding carboxylic acids is 2. The summed E-state index contributed by atoms with van der Waals surface area (Å²) >= 11 is 1.20. The van der Waals surface area contributed by atoms with Gasteiger partial charge in [-0.1, -0.05) is 11.8 Å². The van der Waals surface area contributed by atoms with Crippen LogP contribution in [-0.2, 0) is 9.53 Å². The van der Waals surface area contributed by atoms with E-state index < -0.39 is 0 Å². The van der Waals surface area contributed by atoms with Crippen LogP contribution in [0.5, 0.6) is 0 Å². The molecule has 14 heavy (non-hydrogen) atoms. The normalized spacial score (nSPS) is 9.79. The molecule has 0 spiro atoms. The van der Waals surface area contributed by atoms with Gasteiger partial charge in [-0.15, -0.1) is 0 Å². The zero-order valence-electron chi connectivity index (χ0n) is 7.69. The summed E-state index contributed by atoms with van der Waals surface area (Å²) in [5, 5.41) is 0.542. The van der Waals surface area contributed by atoms with Crippen molar-refractivity contribution in [3.8, 4) is 0 Å². The molecule has 0 bridgehead atoms. The summed E-state index contributed by atoms with van der Waals surface area (Å²) in [5.74, 6) is 0.164. The predicted molar refractivity (Wildman–Crippen MR) is 51.5 cm³/mol.